The number of carbonyl (C=O) groups excluding carboxylic acids is 1. The summed E-state index contributed by atoms with van der Waals surface area (Å²) in [6.07, 6.45) is -0.361. The van der Waals surface area contributed by atoms with Crippen LogP contribution < -0.4 is 0 Å². The Labute approximate surface area is 111 Å². The number of aliphatic hydroxyl groups is 3. The predicted octanol–water partition coefficient (Wildman–Crippen LogP) is -1.77. The van der Waals surface area contributed by atoms with Crippen molar-refractivity contribution in [3.63, 3.8) is 0 Å². The Morgan fingerprint density at radius 1 is 1.11 bits per heavy atom. The van der Waals surface area contributed by atoms with E-state index in [2.05, 4.69) is 4.52 Å². The van der Waals surface area contributed by atoms with Crippen LogP contribution in [-0.4, -0.2) is 68.4 Å². The molecule has 0 aliphatic rings. The van der Waals surface area contributed by atoms with Crippen LogP contribution in [0.4, 0.5) is 0 Å². The maximum absolute atomic E-state index is 9.87. The first-order valence-electron chi connectivity index (χ1n) is 5.07. The number of hydrogen-bond donors (Lipinski definition) is 6. The van der Waals surface area contributed by atoms with Crippen LogP contribution >= 0.6 is 8.60 Å². The van der Waals surface area contributed by atoms with Crippen molar-refractivity contribution >= 4 is 20.4 Å². The fraction of sp³-hybridized carbons (Fsp3) is 0.778. The third kappa shape index (κ3) is 12.1. The minimum absolute atomic E-state index is 0.296. The Balaban J connectivity index is 0. The molecule has 0 atom stereocenters. The molecule has 114 valence electrons. The van der Waals surface area contributed by atoms with E-state index in [4.69, 9.17) is 30.2 Å². The second-order valence-electron chi connectivity index (χ2n) is 3.77. The summed E-state index contributed by atoms with van der Waals surface area (Å²) in [5, 5.41) is 34.1. The zero-order valence-electron chi connectivity index (χ0n) is 10.4. The van der Waals surface area contributed by atoms with Crippen molar-refractivity contribution < 1.29 is 44.3 Å². The van der Waals surface area contributed by atoms with Gasteiger partial charge >= 0.3 is 14.6 Å². The fourth-order valence-electron chi connectivity index (χ4n) is 0.695. The number of ketones is 1. The van der Waals surface area contributed by atoms with Crippen LogP contribution in [0.1, 0.15) is 13.3 Å². The average Bonchev–Trinajstić information content (AvgIpc) is 2.30. The fourth-order valence-corrected chi connectivity index (χ4v) is 1.08. The van der Waals surface area contributed by atoms with Crippen molar-refractivity contribution in [2.75, 3.05) is 26.4 Å². The van der Waals surface area contributed by atoms with E-state index in [0.717, 1.165) is 0 Å². The molecule has 0 unspecified atom stereocenters. The van der Waals surface area contributed by atoms with Gasteiger partial charge < -0.3 is 34.7 Å². The number of Topliss-reactive ketones (excluding diaryl/α,β-unsaturated/α-hetero) is 1. The van der Waals surface area contributed by atoms with E-state index in [-0.39, 0.29) is 18.8 Å². The first kappa shape index (κ1) is 20.6. The molecule has 0 aromatic heterocycles. The summed E-state index contributed by atoms with van der Waals surface area (Å²) in [5.74, 6) is -1.37. The standard InChI is InChI=1S/C5H13O6P.C4H6O3/c6-1-5(2-7,3-8)4-11-12(9)10;1-3(5)2-4(6)7/h6-10H,1-4H2;2H2,1H3,(H,6,7). The molecule has 0 aliphatic heterocycles. The minimum atomic E-state index is -2.52. The van der Waals surface area contributed by atoms with Gasteiger partial charge in [0, 0.05) is 0 Å². The monoisotopic (exact) mass is 302 g/mol. The summed E-state index contributed by atoms with van der Waals surface area (Å²) in [5.41, 5.74) is -1.20. The zero-order chi connectivity index (χ0) is 15.5. The molecule has 0 bridgehead atoms. The van der Waals surface area contributed by atoms with Crippen molar-refractivity contribution in [1.82, 2.24) is 0 Å². The highest BCUT2D eigenvalue weighted by atomic mass is 31.2. The first-order valence-corrected chi connectivity index (χ1v) is 6.24. The lowest BCUT2D eigenvalue weighted by molar-refractivity contribution is -0.139. The van der Waals surface area contributed by atoms with Crippen LogP contribution in [-0.2, 0) is 14.1 Å². The maximum atomic E-state index is 9.87. The highest BCUT2D eigenvalue weighted by Gasteiger charge is 2.29. The Bertz CT molecular complexity index is 244. The summed E-state index contributed by atoms with van der Waals surface area (Å²) in [4.78, 5) is 36.2. The number of aliphatic hydroxyl groups excluding tert-OH is 3. The molecule has 6 N–H and O–H groups in total. The summed E-state index contributed by atoms with van der Waals surface area (Å²) < 4.78 is 4.38. The molecular weight excluding hydrogens is 283 g/mol. The molecule has 19 heavy (non-hydrogen) atoms. The highest BCUT2D eigenvalue weighted by molar-refractivity contribution is 7.39. The smallest absolute Gasteiger partial charge is 0.327 e. The lowest BCUT2D eigenvalue weighted by atomic mass is 9.93. The van der Waals surface area contributed by atoms with E-state index in [1.54, 1.807) is 0 Å². The van der Waals surface area contributed by atoms with E-state index in [0.29, 0.717) is 0 Å². The average molecular weight is 302 g/mol. The number of aliphatic carboxylic acids is 1. The first-order chi connectivity index (χ1) is 8.72. The second kappa shape index (κ2) is 11.2. The van der Waals surface area contributed by atoms with E-state index in [1.165, 1.54) is 6.92 Å². The minimum Gasteiger partial charge on any atom is -0.481 e. The van der Waals surface area contributed by atoms with Gasteiger partial charge in [0.05, 0.1) is 31.8 Å². The van der Waals surface area contributed by atoms with Gasteiger partial charge in [0.2, 0.25) is 0 Å². The van der Waals surface area contributed by atoms with E-state index >= 15 is 0 Å². The molecule has 0 aromatic rings. The normalized spacial score (nSPS) is 10.9. The maximum Gasteiger partial charge on any atom is 0.327 e. The molecule has 9 nitrogen and oxygen atoms in total. The molecule has 0 aromatic carbocycles. The molecule has 0 saturated heterocycles. The zero-order valence-corrected chi connectivity index (χ0v) is 11.3. The number of carbonyl (C=O) groups is 2. The quantitative estimate of drug-likeness (QED) is 0.225. The summed E-state index contributed by atoms with van der Waals surface area (Å²) >= 11 is 0. The van der Waals surface area contributed by atoms with Crippen molar-refractivity contribution in [3.05, 3.63) is 0 Å². The Morgan fingerprint density at radius 3 is 1.68 bits per heavy atom. The van der Waals surface area contributed by atoms with E-state index < -0.39 is 39.8 Å². The van der Waals surface area contributed by atoms with Gasteiger partial charge in [-0.2, -0.15) is 0 Å². The largest absolute Gasteiger partial charge is 0.481 e. The molecule has 0 fully saturated rings. The summed E-state index contributed by atoms with van der Waals surface area (Å²) in [6.45, 7) is -0.501. The van der Waals surface area contributed by atoms with Gasteiger partial charge in [-0.15, -0.1) is 0 Å². The summed E-state index contributed by atoms with van der Waals surface area (Å²) in [6, 6.07) is 0. The predicted molar refractivity (Wildman–Crippen MR) is 63.9 cm³/mol. The van der Waals surface area contributed by atoms with Gasteiger partial charge in [0.15, 0.2) is 0 Å². The van der Waals surface area contributed by atoms with E-state index in [9.17, 15) is 9.59 Å². The second-order valence-corrected chi connectivity index (χ2v) is 4.54. The molecular formula is C9H19O9P. The third-order valence-corrected chi connectivity index (χ3v) is 2.25. The van der Waals surface area contributed by atoms with Crippen molar-refractivity contribution in [2.45, 2.75) is 13.3 Å². The van der Waals surface area contributed by atoms with Gasteiger partial charge in [0.1, 0.15) is 12.2 Å². The van der Waals surface area contributed by atoms with Crippen molar-refractivity contribution in [1.29, 1.82) is 0 Å². The SMILES string of the molecule is CC(=O)CC(=O)O.OCC(CO)(CO)COP(O)O. The van der Waals surface area contributed by atoms with Gasteiger partial charge in [-0.1, -0.05) is 0 Å². The Morgan fingerprint density at radius 2 is 1.53 bits per heavy atom. The van der Waals surface area contributed by atoms with Crippen LogP contribution in [0.3, 0.4) is 0 Å². The molecule has 0 rings (SSSR count). The molecule has 0 radical (unpaired) electrons. The van der Waals surface area contributed by atoms with Crippen LogP contribution in [0.5, 0.6) is 0 Å². The van der Waals surface area contributed by atoms with Crippen LogP contribution in [0, 0.1) is 5.41 Å². The topological polar surface area (TPSA) is 165 Å². The van der Waals surface area contributed by atoms with Crippen LogP contribution in [0.2, 0.25) is 0 Å². The molecule has 0 heterocycles. The number of hydrogen-bond acceptors (Lipinski definition) is 8. The lowest BCUT2D eigenvalue weighted by Gasteiger charge is -2.26. The van der Waals surface area contributed by atoms with Crippen LogP contribution in [0.15, 0.2) is 0 Å². The number of carboxylic acid groups (broad SMARTS) is 1. The molecule has 0 aliphatic carbocycles. The molecule has 0 saturated carbocycles. The van der Waals surface area contributed by atoms with E-state index in [1.807, 2.05) is 0 Å². The molecule has 0 spiro atoms. The Hall–Kier alpha value is -0.670. The van der Waals surface area contributed by atoms with Crippen molar-refractivity contribution in [2.24, 2.45) is 5.41 Å². The third-order valence-electron chi connectivity index (χ3n) is 1.89. The van der Waals surface area contributed by atoms with Gasteiger partial charge in [0.25, 0.3) is 0 Å². The molecule has 10 heteroatoms. The number of rotatable bonds is 8. The Kier molecular flexibility index (Phi) is 12.1. The number of carboxylic acids is 1. The van der Waals surface area contributed by atoms with Gasteiger partial charge in [-0.05, 0) is 6.92 Å². The summed E-state index contributed by atoms with van der Waals surface area (Å²) in [7, 11) is -2.52. The van der Waals surface area contributed by atoms with Crippen molar-refractivity contribution in [3.8, 4) is 0 Å². The molecule has 0 amide bonds. The van der Waals surface area contributed by atoms with Crippen LogP contribution in [0.25, 0.3) is 0 Å². The lowest BCUT2D eigenvalue weighted by Crippen LogP contribution is -2.38. The van der Waals surface area contributed by atoms with Gasteiger partial charge in [-0.25, -0.2) is 0 Å². The highest BCUT2D eigenvalue weighted by Crippen LogP contribution is 2.28. The van der Waals surface area contributed by atoms with Gasteiger partial charge in [-0.3, -0.25) is 9.59 Å².